The number of amides is 1. The van der Waals surface area contributed by atoms with Crippen LogP contribution in [-0.4, -0.2) is 58.7 Å². The monoisotopic (exact) mass is 423 g/mol. The number of hydrogen-bond acceptors (Lipinski definition) is 4. The van der Waals surface area contributed by atoms with E-state index in [1.165, 1.54) is 5.56 Å². The predicted octanol–water partition coefficient (Wildman–Crippen LogP) is 3.20. The zero-order chi connectivity index (χ0) is 20.9. The first kappa shape index (κ1) is 20.6. The Morgan fingerprint density at radius 1 is 1.07 bits per heavy atom. The number of aromatic nitrogens is 2. The summed E-state index contributed by atoms with van der Waals surface area (Å²) in [5.74, 6) is -0.146. The van der Waals surface area contributed by atoms with E-state index in [1.54, 1.807) is 23.1 Å². The van der Waals surface area contributed by atoms with E-state index < -0.39 is 0 Å². The van der Waals surface area contributed by atoms with Gasteiger partial charge >= 0.3 is 0 Å². The highest BCUT2D eigenvalue weighted by atomic mass is 35.5. The topological polar surface area (TPSA) is 53.4 Å². The minimum absolute atomic E-state index is 0.146. The SMILES string of the molecule is CN1CCN(Cc2cccc(CNC(=O)c3cnn(-c4cccc(Cl)c4)c3)c2)CC1. The molecular weight excluding hydrogens is 398 g/mol. The van der Waals surface area contributed by atoms with Crippen LogP contribution in [-0.2, 0) is 13.1 Å². The molecule has 1 fully saturated rings. The molecule has 1 amide bonds. The molecule has 4 rings (SSSR count). The van der Waals surface area contributed by atoms with Crippen molar-refractivity contribution in [3.05, 3.63) is 82.6 Å². The number of rotatable bonds is 6. The number of halogens is 1. The lowest BCUT2D eigenvalue weighted by molar-refractivity contribution is 0.0951. The molecule has 7 heteroatoms. The van der Waals surface area contributed by atoms with Gasteiger partial charge in [-0.25, -0.2) is 4.68 Å². The van der Waals surface area contributed by atoms with Crippen LogP contribution >= 0.6 is 11.6 Å². The molecule has 1 aliphatic heterocycles. The average Bonchev–Trinajstić information content (AvgIpc) is 3.25. The second-order valence-electron chi connectivity index (χ2n) is 7.74. The zero-order valence-electron chi connectivity index (χ0n) is 17.1. The summed E-state index contributed by atoms with van der Waals surface area (Å²) in [5, 5.41) is 7.90. The summed E-state index contributed by atoms with van der Waals surface area (Å²) >= 11 is 6.04. The molecule has 0 bridgehead atoms. The molecule has 1 N–H and O–H groups in total. The van der Waals surface area contributed by atoms with Crippen LogP contribution in [0.5, 0.6) is 0 Å². The van der Waals surface area contributed by atoms with Crippen LogP contribution < -0.4 is 5.32 Å². The Morgan fingerprint density at radius 2 is 1.83 bits per heavy atom. The Hall–Kier alpha value is -2.67. The molecule has 0 spiro atoms. The van der Waals surface area contributed by atoms with E-state index in [0.29, 0.717) is 17.1 Å². The van der Waals surface area contributed by atoms with Crippen LogP contribution in [0.1, 0.15) is 21.5 Å². The Labute approximate surface area is 182 Å². The lowest BCUT2D eigenvalue weighted by atomic mass is 10.1. The van der Waals surface area contributed by atoms with Gasteiger partial charge in [0.25, 0.3) is 5.91 Å². The molecule has 0 atom stereocenters. The maximum Gasteiger partial charge on any atom is 0.254 e. The van der Waals surface area contributed by atoms with E-state index in [-0.39, 0.29) is 5.91 Å². The van der Waals surface area contributed by atoms with Crippen molar-refractivity contribution in [2.24, 2.45) is 0 Å². The van der Waals surface area contributed by atoms with Gasteiger partial charge in [0.05, 0.1) is 17.4 Å². The number of likely N-dealkylation sites (N-methyl/N-ethyl adjacent to an activating group) is 1. The van der Waals surface area contributed by atoms with Crippen LogP contribution in [0.25, 0.3) is 5.69 Å². The van der Waals surface area contributed by atoms with Gasteiger partial charge in [-0.05, 0) is 36.4 Å². The number of piperazine rings is 1. The van der Waals surface area contributed by atoms with E-state index >= 15 is 0 Å². The van der Waals surface area contributed by atoms with Crippen molar-refractivity contribution < 1.29 is 4.79 Å². The van der Waals surface area contributed by atoms with Gasteiger partial charge in [0.1, 0.15) is 0 Å². The Kier molecular flexibility index (Phi) is 6.47. The molecule has 0 radical (unpaired) electrons. The first-order valence-electron chi connectivity index (χ1n) is 10.1. The van der Waals surface area contributed by atoms with Gasteiger partial charge in [-0.2, -0.15) is 5.10 Å². The van der Waals surface area contributed by atoms with Gasteiger partial charge in [-0.15, -0.1) is 0 Å². The number of nitrogens with one attached hydrogen (secondary N) is 1. The molecule has 1 aliphatic rings. The quantitative estimate of drug-likeness (QED) is 0.661. The smallest absolute Gasteiger partial charge is 0.254 e. The van der Waals surface area contributed by atoms with Crippen molar-refractivity contribution in [2.75, 3.05) is 33.2 Å². The summed E-state index contributed by atoms with van der Waals surface area (Å²) in [7, 11) is 2.17. The minimum atomic E-state index is -0.146. The van der Waals surface area contributed by atoms with Crippen molar-refractivity contribution in [1.29, 1.82) is 0 Å². The van der Waals surface area contributed by atoms with E-state index in [9.17, 15) is 4.79 Å². The van der Waals surface area contributed by atoms with Gasteiger partial charge < -0.3 is 10.2 Å². The molecule has 2 heterocycles. The summed E-state index contributed by atoms with van der Waals surface area (Å²) in [6.45, 7) is 5.83. The summed E-state index contributed by atoms with van der Waals surface area (Å²) in [5.41, 5.74) is 3.71. The fourth-order valence-corrected chi connectivity index (χ4v) is 3.77. The maximum atomic E-state index is 12.6. The van der Waals surface area contributed by atoms with Crippen LogP contribution in [0, 0.1) is 0 Å². The van der Waals surface area contributed by atoms with E-state index in [1.807, 2.05) is 24.3 Å². The molecule has 0 saturated carbocycles. The van der Waals surface area contributed by atoms with E-state index in [0.717, 1.165) is 44.0 Å². The summed E-state index contributed by atoms with van der Waals surface area (Å²) in [6, 6.07) is 15.8. The first-order valence-corrected chi connectivity index (χ1v) is 10.5. The number of nitrogens with zero attached hydrogens (tertiary/aromatic N) is 4. The van der Waals surface area contributed by atoms with Crippen LogP contribution in [0.4, 0.5) is 0 Å². The van der Waals surface area contributed by atoms with Crippen LogP contribution in [0.3, 0.4) is 0 Å². The largest absolute Gasteiger partial charge is 0.348 e. The molecule has 6 nitrogen and oxygen atoms in total. The van der Waals surface area contributed by atoms with Crippen molar-refractivity contribution in [3.8, 4) is 5.69 Å². The van der Waals surface area contributed by atoms with Gasteiger partial charge in [-0.3, -0.25) is 9.69 Å². The highest BCUT2D eigenvalue weighted by Gasteiger charge is 2.14. The normalized spacial score (nSPS) is 15.3. The van der Waals surface area contributed by atoms with Gasteiger partial charge in [0.2, 0.25) is 0 Å². The first-order chi connectivity index (χ1) is 14.6. The van der Waals surface area contributed by atoms with Crippen LogP contribution in [0.2, 0.25) is 5.02 Å². The van der Waals surface area contributed by atoms with Crippen molar-refractivity contribution in [1.82, 2.24) is 24.9 Å². The van der Waals surface area contributed by atoms with Gasteiger partial charge in [0.15, 0.2) is 0 Å². The molecule has 156 valence electrons. The van der Waals surface area contributed by atoms with E-state index in [4.69, 9.17) is 11.6 Å². The predicted molar refractivity (Wildman–Crippen MR) is 119 cm³/mol. The summed E-state index contributed by atoms with van der Waals surface area (Å²) < 4.78 is 1.65. The molecule has 30 heavy (non-hydrogen) atoms. The molecule has 0 unspecified atom stereocenters. The maximum absolute atomic E-state index is 12.6. The third-order valence-corrected chi connectivity index (χ3v) is 5.60. The molecule has 1 aromatic heterocycles. The summed E-state index contributed by atoms with van der Waals surface area (Å²) in [4.78, 5) is 17.4. The molecular formula is C23H26ClN5O. The second-order valence-corrected chi connectivity index (χ2v) is 8.17. The standard InChI is InChI=1S/C23H26ClN5O/c1-27-8-10-28(11-9-27)16-19-5-2-4-18(12-19)14-25-23(30)20-15-26-29(17-20)22-7-3-6-21(24)13-22/h2-7,12-13,15,17H,8-11,14,16H2,1H3,(H,25,30). The summed E-state index contributed by atoms with van der Waals surface area (Å²) in [6.07, 6.45) is 3.28. The Bertz CT molecular complexity index is 1010. The highest BCUT2D eigenvalue weighted by molar-refractivity contribution is 6.30. The minimum Gasteiger partial charge on any atom is -0.348 e. The lowest BCUT2D eigenvalue weighted by Gasteiger charge is -2.32. The second kappa shape index (κ2) is 9.43. The number of carbonyl (C=O) groups excluding carboxylic acids is 1. The Morgan fingerprint density at radius 3 is 2.63 bits per heavy atom. The highest BCUT2D eigenvalue weighted by Crippen LogP contribution is 2.15. The molecule has 3 aromatic rings. The third-order valence-electron chi connectivity index (χ3n) is 5.36. The molecule has 0 aliphatic carbocycles. The van der Waals surface area contributed by atoms with Gasteiger partial charge in [0, 0.05) is 50.5 Å². The number of carbonyl (C=O) groups is 1. The number of benzene rings is 2. The number of hydrogen-bond donors (Lipinski definition) is 1. The van der Waals surface area contributed by atoms with Gasteiger partial charge in [-0.1, -0.05) is 41.9 Å². The molecule has 1 saturated heterocycles. The van der Waals surface area contributed by atoms with Crippen molar-refractivity contribution in [3.63, 3.8) is 0 Å². The molecule has 2 aromatic carbocycles. The average molecular weight is 424 g/mol. The van der Waals surface area contributed by atoms with Crippen molar-refractivity contribution in [2.45, 2.75) is 13.1 Å². The zero-order valence-corrected chi connectivity index (χ0v) is 17.8. The van der Waals surface area contributed by atoms with Crippen LogP contribution in [0.15, 0.2) is 60.9 Å². The van der Waals surface area contributed by atoms with Crippen molar-refractivity contribution >= 4 is 17.5 Å². The fourth-order valence-electron chi connectivity index (χ4n) is 3.59. The lowest BCUT2D eigenvalue weighted by Crippen LogP contribution is -2.43. The Balaban J connectivity index is 1.34. The van der Waals surface area contributed by atoms with E-state index in [2.05, 4.69) is 45.5 Å². The fraction of sp³-hybridized carbons (Fsp3) is 0.304. The third kappa shape index (κ3) is 5.27.